The van der Waals surface area contributed by atoms with Crippen LogP contribution in [0, 0.1) is 10.1 Å². The van der Waals surface area contributed by atoms with Crippen LogP contribution in [-0.2, 0) is 17.8 Å². The number of amides is 1. The monoisotopic (exact) mass is 274 g/mol. The molecular formula is C13H14N4O3. The van der Waals surface area contributed by atoms with Crippen molar-refractivity contribution in [2.45, 2.75) is 13.0 Å². The summed E-state index contributed by atoms with van der Waals surface area (Å²) in [6.07, 6.45) is 3.10. The maximum absolute atomic E-state index is 11.6. The number of hydrogen-bond acceptors (Lipinski definition) is 4. The van der Waals surface area contributed by atoms with Crippen LogP contribution in [0.25, 0.3) is 0 Å². The molecule has 0 bridgehead atoms. The van der Waals surface area contributed by atoms with Gasteiger partial charge in [0, 0.05) is 6.54 Å². The number of nitrogens with zero attached hydrogens (tertiary/aromatic N) is 3. The Labute approximate surface area is 115 Å². The van der Waals surface area contributed by atoms with Gasteiger partial charge in [-0.3, -0.25) is 19.6 Å². The summed E-state index contributed by atoms with van der Waals surface area (Å²) in [4.78, 5) is 21.6. The molecule has 1 heterocycles. The number of hydrogen-bond donors (Lipinski definition) is 1. The van der Waals surface area contributed by atoms with Crippen LogP contribution < -0.4 is 5.32 Å². The van der Waals surface area contributed by atoms with Gasteiger partial charge in [0.2, 0.25) is 5.91 Å². The van der Waals surface area contributed by atoms with Gasteiger partial charge in [-0.2, -0.15) is 5.10 Å². The molecule has 0 atom stereocenters. The van der Waals surface area contributed by atoms with Gasteiger partial charge >= 0.3 is 5.69 Å². The van der Waals surface area contributed by atoms with E-state index in [-0.39, 0.29) is 18.1 Å². The Balaban J connectivity index is 1.76. The van der Waals surface area contributed by atoms with E-state index in [0.29, 0.717) is 6.54 Å². The zero-order valence-electron chi connectivity index (χ0n) is 10.7. The number of nitrogens with one attached hydrogen (secondary N) is 1. The second kappa shape index (κ2) is 6.46. The number of aromatic nitrogens is 2. The van der Waals surface area contributed by atoms with Gasteiger partial charge in [-0.05, 0) is 12.0 Å². The predicted octanol–water partition coefficient (Wildman–Crippen LogP) is 1.15. The van der Waals surface area contributed by atoms with Crippen LogP contribution in [-0.4, -0.2) is 27.2 Å². The third-order valence-electron chi connectivity index (χ3n) is 2.71. The van der Waals surface area contributed by atoms with Crippen molar-refractivity contribution in [3.63, 3.8) is 0 Å². The molecule has 7 nitrogen and oxygen atoms in total. The molecule has 2 rings (SSSR count). The normalized spacial score (nSPS) is 10.2. The van der Waals surface area contributed by atoms with Crippen LogP contribution in [0.4, 0.5) is 5.69 Å². The molecule has 7 heteroatoms. The highest BCUT2D eigenvalue weighted by Crippen LogP contribution is 2.07. The lowest BCUT2D eigenvalue weighted by atomic mass is 10.1. The molecule has 1 aromatic heterocycles. The average molecular weight is 274 g/mol. The van der Waals surface area contributed by atoms with Crippen molar-refractivity contribution < 1.29 is 9.72 Å². The van der Waals surface area contributed by atoms with E-state index >= 15 is 0 Å². The number of benzene rings is 1. The Morgan fingerprint density at radius 3 is 2.75 bits per heavy atom. The van der Waals surface area contributed by atoms with Gasteiger partial charge in [0.1, 0.15) is 18.9 Å². The summed E-state index contributed by atoms with van der Waals surface area (Å²) in [5.74, 6) is -0.223. The molecular weight excluding hydrogens is 260 g/mol. The van der Waals surface area contributed by atoms with Gasteiger partial charge < -0.3 is 5.32 Å². The van der Waals surface area contributed by atoms with Gasteiger partial charge in [-0.15, -0.1) is 0 Å². The first kappa shape index (κ1) is 13.7. The van der Waals surface area contributed by atoms with Crippen molar-refractivity contribution in [1.29, 1.82) is 0 Å². The van der Waals surface area contributed by atoms with Crippen molar-refractivity contribution in [2.75, 3.05) is 6.54 Å². The number of rotatable bonds is 6. The first-order valence-electron chi connectivity index (χ1n) is 6.12. The number of carbonyl (C=O) groups excluding carboxylic acids is 1. The molecule has 0 unspecified atom stereocenters. The van der Waals surface area contributed by atoms with Crippen LogP contribution in [0.3, 0.4) is 0 Å². The average Bonchev–Trinajstić information content (AvgIpc) is 2.88. The standard InChI is InChI=1S/C13H14N4O3/c18-13(10-16-9-12(8-15-16)17(19)20)14-7-6-11-4-2-1-3-5-11/h1-5,8-9H,6-7,10H2,(H,14,18). The van der Waals surface area contributed by atoms with E-state index in [1.165, 1.54) is 10.9 Å². The zero-order valence-corrected chi connectivity index (χ0v) is 10.7. The van der Waals surface area contributed by atoms with Crippen molar-refractivity contribution in [3.8, 4) is 0 Å². The van der Waals surface area contributed by atoms with Gasteiger partial charge in [0.05, 0.1) is 4.92 Å². The largest absolute Gasteiger partial charge is 0.354 e. The SMILES string of the molecule is O=C(Cn1cc([N+](=O)[O-])cn1)NCCc1ccccc1. The minimum Gasteiger partial charge on any atom is -0.354 e. The molecule has 0 aliphatic rings. The molecule has 0 fully saturated rings. The van der Waals surface area contributed by atoms with Gasteiger partial charge in [-0.1, -0.05) is 30.3 Å². The topological polar surface area (TPSA) is 90.1 Å². The fraction of sp³-hybridized carbons (Fsp3) is 0.231. The fourth-order valence-electron chi connectivity index (χ4n) is 1.73. The molecule has 1 N–H and O–H groups in total. The Kier molecular flexibility index (Phi) is 4.43. The summed E-state index contributed by atoms with van der Waals surface area (Å²) in [5.41, 5.74) is 1.02. The van der Waals surface area contributed by atoms with E-state index in [0.717, 1.165) is 18.2 Å². The smallest absolute Gasteiger partial charge is 0.307 e. The van der Waals surface area contributed by atoms with E-state index in [4.69, 9.17) is 0 Å². The van der Waals surface area contributed by atoms with E-state index in [9.17, 15) is 14.9 Å². The fourth-order valence-corrected chi connectivity index (χ4v) is 1.73. The highest BCUT2D eigenvalue weighted by molar-refractivity contribution is 5.75. The molecule has 2 aromatic rings. The van der Waals surface area contributed by atoms with Crippen molar-refractivity contribution in [3.05, 3.63) is 58.4 Å². The number of nitro groups is 1. The highest BCUT2D eigenvalue weighted by atomic mass is 16.6. The van der Waals surface area contributed by atoms with Gasteiger partial charge in [0.25, 0.3) is 0 Å². The predicted molar refractivity (Wildman–Crippen MR) is 72.0 cm³/mol. The summed E-state index contributed by atoms with van der Waals surface area (Å²) in [5, 5.41) is 17.0. The van der Waals surface area contributed by atoms with E-state index in [1.54, 1.807) is 0 Å². The zero-order chi connectivity index (χ0) is 14.4. The Morgan fingerprint density at radius 1 is 1.35 bits per heavy atom. The second-order valence-electron chi connectivity index (χ2n) is 4.24. The summed E-state index contributed by atoms with van der Waals surface area (Å²) in [7, 11) is 0. The maximum Gasteiger partial charge on any atom is 0.307 e. The number of carbonyl (C=O) groups is 1. The molecule has 1 amide bonds. The quantitative estimate of drug-likeness (QED) is 0.632. The molecule has 0 radical (unpaired) electrons. The van der Waals surface area contributed by atoms with E-state index in [2.05, 4.69) is 10.4 Å². The lowest BCUT2D eigenvalue weighted by Crippen LogP contribution is -2.29. The van der Waals surface area contributed by atoms with Crippen LogP contribution in [0.2, 0.25) is 0 Å². The van der Waals surface area contributed by atoms with Crippen LogP contribution >= 0.6 is 0 Å². The second-order valence-corrected chi connectivity index (χ2v) is 4.24. The van der Waals surface area contributed by atoms with Crippen molar-refractivity contribution in [2.24, 2.45) is 0 Å². The summed E-state index contributed by atoms with van der Waals surface area (Å²) < 4.78 is 1.25. The molecule has 1 aromatic carbocycles. The van der Waals surface area contributed by atoms with E-state index < -0.39 is 4.92 Å². The highest BCUT2D eigenvalue weighted by Gasteiger charge is 2.10. The Morgan fingerprint density at radius 2 is 2.10 bits per heavy atom. The summed E-state index contributed by atoms with van der Waals surface area (Å²) in [6.45, 7) is 0.495. The molecule has 0 aliphatic heterocycles. The van der Waals surface area contributed by atoms with Gasteiger partial charge in [-0.25, -0.2) is 0 Å². The maximum atomic E-state index is 11.6. The molecule has 0 saturated heterocycles. The lowest BCUT2D eigenvalue weighted by molar-refractivity contribution is -0.385. The molecule has 0 aliphatic carbocycles. The first-order valence-corrected chi connectivity index (χ1v) is 6.12. The Bertz CT molecular complexity index is 595. The first-order chi connectivity index (χ1) is 9.65. The lowest BCUT2D eigenvalue weighted by Gasteiger charge is -2.05. The third-order valence-corrected chi connectivity index (χ3v) is 2.71. The summed E-state index contributed by atoms with van der Waals surface area (Å²) in [6, 6.07) is 9.80. The Hall–Kier alpha value is -2.70. The third kappa shape index (κ3) is 3.91. The molecule has 20 heavy (non-hydrogen) atoms. The molecule has 0 spiro atoms. The van der Waals surface area contributed by atoms with Crippen LogP contribution in [0.15, 0.2) is 42.7 Å². The van der Waals surface area contributed by atoms with Gasteiger partial charge in [0.15, 0.2) is 0 Å². The van der Waals surface area contributed by atoms with Crippen LogP contribution in [0.5, 0.6) is 0 Å². The summed E-state index contributed by atoms with van der Waals surface area (Å²) >= 11 is 0. The van der Waals surface area contributed by atoms with E-state index in [1.807, 2.05) is 30.3 Å². The van der Waals surface area contributed by atoms with Crippen molar-refractivity contribution >= 4 is 11.6 Å². The van der Waals surface area contributed by atoms with Crippen LogP contribution in [0.1, 0.15) is 5.56 Å². The minimum atomic E-state index is -0.545. The molecule has 0 saturated carbocycles. The molecule has 104 valence electrons. The minimum absolute atomic E-state index is 0.0252. The van der Waals surface area contributed by atoms with Crippen molar-refractivity contribution in [1.82, 2.24) is 15.1 Å².